The highest BCUT2D eigenvalue weighted by Gasteiger charge is 2.13. The first kappa shape index (κ1) is 16.3. The summed E-state index contributed by atoms with van der Waals surface area (Å²) in [5.74, 6) is 0.606. The lowest BCUT2D eigenvalue weighted by molar-refractivity contribution is 0.270. The molecule has 0 aliphatic carbocycles. The summed E-state index contributed by atoms with van der Waals surface area (Å²) in [6.45, 7) is -0.0247. The summed E-state index contributed by atoms with van der Waals surface area (Å²) < 4.78 is 26.0. The second-order valence-electron chi connectivity index (χ2n) is 4.29. The molecule has 6 heteroatoms. The maximum Gasteiger partial charge on any atom is 0.175 e. The molecule has 21 heavy (non-hydrogen) atoms. The number of halogens is 3. The summed E-state index contributed by atoms with van der Waals surface area (Å²) in [4.78, 5) is 0. The molecule has 0 unspecified atom stereocenters. The zero-order chi connectivity index (χ0) is 15.4. The van der Waals surface area contributed by atoms with Crippen LogP contribution in [0.25, 0.3) is 0 Å². The van der Waals surface area contributed by atoms with Crippen molar-refractivity contribution in [3.8, 4) is 11.5 Å². The van der Waals surface area contributed by atoms with Crippen LogP contribution in [-0.2, 0) is 13.2 Å². The smallest absolute Gasteiger partial charge is 0.175 e. The molecule has 0 aromatic heterocycles. The van der Waals surface area contributed by atoms with Crippen molar-refractivity contribution in [3.63, 3.8) is 0 Å². The molecule has 0 radical (unpaired) electrons. The van der Waals surface area contributed by atoms with Gasteiger partial charge < -0.3 is 14.6 Å². The second-order valence-corrected chi connectivity index (χ2v) is 6.06. The minimum Gasteiger partial charge on any atom is -0.493 e. The standard InChI is InChI=1S/C15H13Br2FO3/c1-20-14-5-9(7-19)4-12(17)15(14)21-8-10-2-3-11(16)6-13(10)18/h2-6,19H,7-8H2,1H3. The van der Waals surface area contributed by atoms with E-state index in [0.29, 0.717) is 31.6 Å². The summed E-state index contributed by atoms with van der Waals surface area (Å²) >= 11 is 6.58. The lowest BCUT2D eigenvalue weighted by Crippen LogP contribution is -2.01. The molecule has 0 spiro atoms. The van der Waals surface area contributed by atoms with E-state index < -0.39 is 0 Å². The average Bonchev–Trinajstić information content (AvgIpc) is 2.46. The molecule has 0 saturated carbocycles. The van der Waals surface area contributed by atoms with Gasteiger partial charge in [0.25, 0.3) is 0 Å². The van der Waals surface area contributed by atoms with E-state index in [4.69, 9.17) is 9.47 Å². The minimum atomic E-state index is -0.341. The molecule has 0 saturated heterocycles. The van der Waals surface area contributed by atoms with Gasteiger partial charge >= 0.3 is 0 Å². The zero-order valence-electron chi connectivity index (χ0n) is 11.2. The van der Waals surface area contributed by atoms with Crippen molar-refractivity contribution >= 4 is 31.9 Å². The molecule has 2 aromatic rings. The Morgan fingerprint density at radius 3 is 2.57 bits per heavy atom. The molecule has 0 aliphatic heterocycles. The van der Waals surface area contributed by atoms with Gasteiger partial charge in [0, 0.05) is 10.0 Å². The van der Waals surface area contributed by atoms with Gasteiger partial charge in [-0.15, -0.1) is 0 Å². The fourth-order valence-corrected chi connectivity index (χ4v) is 2.73. The number of benzene rings is 2. The SMILES string of the molecule is COc1cc(CO)cc(Br)c1OCc1ccc(Br)cc1F. The normalized spacial score (nSPS) is 10.5. The number of hydrogen-bond acceptors (Lipinski definition) is 3. The highest BCUT2D eigenvalue weighted by molar-refractivity contribution is 9.10. The Morgan fingerprint density at radius 2 is 1.95 bits per heavy atom. The van der Waals surface area contributed by atoms with Gasteiger partial charge in [-0.3, -0.25) is 0 Å². The number of aliphatic hydroxyl groups excluding tert-OH is 1. The summed E-state index contributed by atoms with van der Waals surface area (Å²) in [5.41, 5.74) is 1.14. The van der Waals surface area contributed by atoms with Crippen LogP contribution in [0.15, 0.2) is 39.3 Å². The minimum absolute atomic E-state index is 0.0759. The molecule has 2 rings (SSSR count). The van der Waals surface area contributed by atoms with Crippen molar-refractivity contribution in [2.75, 3.05) is 7.11 Å². The van der Waals surface area contributed by atoms with Crippen LogP contribution in [0.2, 0.25) is 0 Å². The largest absolute Gasteiger partial charge is 0.493 e. The van der Waals surface area contributed by atoms with E-state index in [1.807, 2.05) is 0 Å². The van der Waals surface area contributed by atoms with E-state index in [9.17, 15) is 9.50 Å². The van der Waals surface area contributed by atoms with Crippen LogP contribution in [0.3, 0.4) is 0 Å². The average molecular weight is 420 g/mol. The fraction of sp³-hybridized carbons (Fsp3) is 0.200. The molecule has 0 bridgehead atoms. The van der Waals surface area contributed by atoms with Gasteiger partial charge in [0.15, 0.2) is 11.5 Å². The van der Waals surface area contributed by atoms with Crippen LogP contribution < -0.4 is 9.47 Å². The first-order chi connectivity index (χ1) is 10.0. The van der Waals surface area contributed by atoms with E-state index in [0.717, 1.165) is 0 Å². The molecular formula is C15H13Br2FO3. The summed E-state index contributed by atoms with van der Waals surface area (Å²) in [6.07, 6.45) is 0. The van der Waals surface area contributed by atoms with Crippen molar-refractivity contribution in [3.05, 3.63) is 56.2 Å². The zero-order valence-corrected chi connectivity index (χ0v) is 14.4. The monoisotopic (exact) mass is 418 g/mol. The molecule has 3 nitrogen and oxygen atoms in total. The van der Waals surface area contributed by atoms with Crippen LogP contribution in [0.5, 0.6) is 11.5 Å². The van der Waals surface area contributed by atoms with Gasteiger partial charge in [-0.05, 0) is 45.8 Å². The van der Waals surface area contributed by atoms with Crippen LogP contribution in [-0.4, -0.2) is 12.2 Å². The fourth-order valence-electron chi connectivity index (χ4n) is 1.79. The highest BCUT2D eigenvalue weighted by atomic mass is 79.9. The number of aliphatic hydroxyl groups is 1. The predicted octanol–water partition coefficient (Wildman–Crippen LogP) is 4.43. The Kier molecular flexibility index (Phi) is 5.61. The van der Waals surface area contributed by atoms with Crippen LogP contribution >= 0.6 is 31.9 Å². The van der Waals surface area contributed by atoms with Gasteiger partial charge in [-0.1, -0.05) is 22.0 Å². The summed E-state index contributed by atoms with van der Waals surface area (Å²) in [6, 6.07) is 8.21. The van der Waals surface area contributed by atoms with Gasteiger partial charge in [0.2, 0.25) is 0 Å². The topological polar surface area (TPSA) is 38.7 Å². The second kappa shape index (κ2) is 7.24. The van der Waals surface area contributed by atoms with Gasteiger partial charge in [-0.2, -0.15) is 0 Å². The predicted molar refractivity (Wildman–Crippen MR) is 85.0 cm³/mol. The Hall–Kier alpha value is -1.11. The van der Waals surface area contributed by atoms with Crippen molar-refractivity contribution < 1.29 is 19.0 Å². The third-order valence-electron chi connectivity index (χ3n) is 2.86. The molecule has 2 aromatic carbocycles. The number of rotatable bonds is 5. The van der Waals surface area contributed by atoms with E-state index in [2.05, 4.69) is 31.9 Å². The van der Waals surface area contributed by atoms with Crippen molar-refractivity contribution in [1.82, 2.24) is 0 Å². The van der Waals surface area contributed by atoms with E-state index >= 15 is 0 Å². The molecule has 0 atom stereocenters. The van der Waals surface area contributed by atoms with Gasteiger partial charge in [0.05, 0.1) is 18.2 Å². The lowest BCUT2D eigenvalue weighted by Gasteiger charge is -2.14. The van der Waals surface area contributed by atoms with Crippen LogP contribution in [0.1, 0.15) is 11.1 Å². The Labute approximate surface area is 139 Å². The van der Waals surface area contributed by atoms with Crippen LogP contribution in [0.4, 0.5) is 4.39 Å². The molecule has 0 fully saturated rings. The van der Waals surface area contributed by atoms with E-state index in [-0.39, 0.29) is 19.0 Å². The van der Waals surface area contributed by atoms with Crippen molar-refractivity contribution in [1.29, 1.82) is 0 Å². The van der Waals surface area contributed by atoms with E-state index in [1.54, 1.807) is 24.3 Å². The van der Waals surface area contributed by atoms with Gasteiger partial charge in [-0.25, -0.2) is 4.39 Å². The van der Waals surface area contributed by atoms with Crippen LogP contribution in [0, 0.1) is 5.82 Å². The molecule has 1 N–H and O–H groups in total. The number of ether oxygens (including phenoxy) is 2. The number of hydrogen-bond donors (Lipinski definition) is 1. The maximum absolute atomic E-state index is 13.8. The molecule has 112 valence electrons. The lowest BCUT2D eigenvalue weighted by atomic mass is 10.2. The quantitative estimate of drug-likeness (QED) is 0.778. The van der Waals surface area contributed by atoms with E-state index in [1.165, 1.54) is 13.2 Å². The highest BCUT2D eigenvalue weighted by Crippen LogP contribution is 2.37. The third kappa shape index (κ3) is 3.96. The van der Waals surface area contributed by atoms with Gasteiger partial charge in [0.1, 0.15) is 12.4 Å². The Balaban J connectivity index is 2.23. The van der Waals surface area contributed by atoms with Crippen molar-refractivity contribution in [2.24, 2.45) is 0 Å². The first-order valence-electron chi connectivity index (χ1n) is 6.09. The summed E-state index contributed by atoms with van der Waals surface area (Å²) in [7, 11) is 1.51. The maximum atomic E-state index is 13.8. The molecule has 0 amide bonds. The summed E-state index contributed by atoms with van der Waals surface area (Å²) in [5, 5.41) is 9.17. The van der Waals surface area contributed by atoms with Crippen molar-refractivity contribution in [2.45, 2.75) is 13.2 Å². The molecular weight excluding hydrogens is 407 g/mol. The third-order valence-corrected chi connectivity index (χ3v) is 3.94. The Bertz CT molecular complexity index is 647. The molecule has 0 aliphatic rings. The number of methoxy groups -OCH3 is 1. The molecule has 0 heterocycles. The first-order valence-corrected chi connectivity index (χ1v) is 7.67. The Morgan fingerprint density at radius 1 is 1.19 bits per heavy atom.